The quantitative estimate of drug-likeness (QED) is 0.520. The van der Waals surface area contributed by atoms with Crippen LogP contribution in [-0.4, -0.2) is 13.9 Å². The van der Waals surface area contributed by atoms with Crippen molar-refractivity contribution in [1.82, 2.24) is 0 Å². The molecule has 2 N–H and O–H groups in total. The number of rotatable bonds is 2. The van der Waals surface area contributed by atoms with Crippen LogP contribution in [0, 0.1) is 0 Å². The number of hydrogen-bond acceptors (Lipinski definition) is 1. The molecule has 0 radical (unpaired) electrons. The highest BCUT2D eigenvalue weighted by Crippen LogP contribution is 2.23. The molecule has 0 aromatic heterocycles. The Morgan fingerprint density at radius 1 is 1.62 bits per heavy atom. The first-order valence-electron chi connectivity index (χ1n) is 3.17. The lowest BCUT2D eigenvalue weighted by molar-refractivity contribution is 0.540. The summed E-state index contributed by atoms with van der Waals surface area (Å²) in [6.07, 6.45) is 1.10. The Balaban J connectivity index is 3.39. The molecule has 0 fully saturated rings. The normalized spacial score (nSPS) is 16.0. The van der Waals surface area contributed by atoms with Crippen molar-refractivity contribution < 1.29 is 0 Å². The van der Waals surface area contributed by atoms with Gasteiger partial charge >= 0.3 is 0 Å². The molecule has 0 saturated heterocycles. The maximum Gasteiger partial charge on any atom is 0.108 e. The first-order chi connectivity index (χ1) is 3.42. The first-order valence-corrected chi connectivity index (χ1v) is 3.17. The molecule has 0 aromatic carbocycles. The van der Waals surface area contributed by atoms with Gasteiger partial charge in [-0.2, -0.15) is 0 Å². The summed E-state index contributed by atoms with van der Waals surface area (Å²) in [5.41, 5.74) is 5.58. The third-order valence-electron chi connectivity index (χ3n) is 0.934. The van der Waals surface area contributed by atoms with Gasteiger partial charge in [0.2, 0.25) is 0 Å². The fourth-order valence-corrected chi connectivity index (χ4v) is 0.966. The molecular formula is C6H16BN. The summed E-state index contributed by atoms with van der Waals surface area (Å²) in [6.45, 7) is 6.46. The number of hydrogen-bond donors (Lipinski definition) is 1. The van der Waals surface area contributed by atoms with E-state index in [9.17, 15) is 0 Å². The van der Waals surface area contributed by atoms with Gasteiger partial charge in [0.05, 0.1) is 0 Å². The highest BCUT2D eigenvalue weighted by atomic mass is 14.6. The van der Waals surface area contributed by atoms with Crippen LogP contribution in [0.15, 0.2) is 0 Å². The van der Waals surface area contributed by atoms with Crippen LogP contribution in [0.4, 0.5) is 0 Å². The van der Waals surface area contributed by atoms with Gasteiger partial charge in [0.15, 0.2) is 0 Å². The minimum absolute atomic E-state index is 0.343. The monoisotopic (exact) mass is 113 g/mol. The highest BCUT2D eigenvalue weighted by Gasteiger charge is 2.11. The van der Waals surface area contributed by atoms with Crippen molar-refractivity contribution in [2.45, 2.75) is 38.5 Å². The van der Waals surface area contributed by atoms with Crippen LogP contribution < -0.4 is 5.73 Å². The average molecular weight is 113 g/mol. The summed E-state index contributed by atoms with van der Waals surface area (Å²) >= 11 is 0. The predicted molar refractivity (Wildman–Crippen MR) is 40.9 cm³/mol. The predicted octanol–water partition coefficient (Wildman–Crippen LogP) is 0.555. The smallest absolute Gasteiger partial charge is 0.108 e. The van der Waals surface area contributed by atoms with Crippen LogP contribution in [0.2, 0.25) is 5.31 Å². The fourth-order valence-electron chi connectivity index (χ4n) is 0.966. The summed E-state index contributed by atoms with van der Waals surface area (Å²) in [4.78, 5) is 0. The van der Waals surface area contributed by atoms with E-state index in [1.165, 1.54) is 0 Å². The van der Waals surface area contributed by atoms with Gasteiger partial charge in [-0.3, -0.25) is 0 Å². The van der Waals surface area contributed by atoms with E-state index in [0.717, 1.165) is 6.42 Å². The van der Waals surface area contributed by atoms with Crippen molar-refractivity contribution in [2.75, 3.05) is 0 Å². The second-order valence-electron chi connectivity index (χ2n) is 3.74. The molecule has 0 aliphatic heterocycles. The highest BCUT2D eigenvalue weighted by molar-refractivity contribution is 6.14. The minimum Gasteiger partial charge on any atom is -0.328 e. The van der Waals surface area contributed by atoms with E-state index in [1.807, 2.05) is 6.92 Å². The molecule has 1 atom stereocenters. The van der Waals surface area contributed by atoms with Crippen LogP contribution in [0.5, 0.6) is 0 Å². The van der Waals surface area contributed by atoms with E-state index in [-0.39, 0.29) is 0 Å². The van der Waals surface area contributed by atoms with E-state index in [1.54, 1.807) is 0 Å². The molecule has 0 amide bonds. The summed E-state index contributed by atoms with van der Waals surface area (Å²) in [5, 5.41) is 0.397. The Morgan fingerprint density at radius 2 is 2.00 bits per heavy atom. The van der Waals surface area contributed by atoms with Gasteiger partial charge < -0.3 is 5.73 Å². The van der Waals surface area contributed by atoms with E-state index in [4.69, 9.17) is 5.73 Å². The lowest BCUT2D eigenvalue weighted by atomic mass is 9.69. The van der Waals surface area contributed by atoms with Gasteiger partial charge in [-0.1, -0.05) is 19.2 Å². The zero-order chi connectivity index (χ0) is 6.78. The largest absolute Gasteiger partial charge is 0.328 e. The van der Waals surface area contributed by atoms with Crippen molar-refractivity contribution in [3.05, 3.63) is 0 Å². The molecule has 48 valence electrons. The molecule has 0 saturated carbocycles. The Labute approximate surface area is 53.1 Å². The van der Waals surface area contributed by atoms with E-state index >= 15 is 0 Å². The van der Waals surface area contributed by atoms with Gasteiger partial charge in [0.1, 0.15) is 7.85 Å². The Kier molecular flexibility index (Phi) is 2.55. The van der Waals surface area contributed by atoms with Gasteiger partial charge in [-0.05, 0) is 13.3 Å². The Bertz CT molecular complexity index is 63.4. The minimum atomic E-state index is 0.343. The summed E-state index contributed by atoms with van der Waals surface area (Å²) in [7, 11) is 2.20. The summed E-state index contributed by atoms with van der Waals surface area (Å²) in [6, 6.07) is 0.343. The van der Waals surface area contributed by atoms with Crippen LogP contribution in [0.3, 0.4) is 0 Å². The molecule has 0 aliphatic carbocycles. The van der Waals surface area contributed by atoms with Crippen LogP contribution in [0.1, 0.15) is 27.2 Å². The van der Waals surface area contributed by atoms with Crippen molar-refractivity contribution in [1.29, 1.82) is 0 Å². The molecule has 0 aliphatic rings. The first kappa shape index (κ1) is 8.02. The lowest BCUT2D eigenvalue weighted by Crippen LogP contribution is -2.20. The van der Waals surface area contributed by atoms with Crippen molar-refractivity contribution >= 4 is 7.85 Å². The number of nitrogens with two attached hydrogens (primary N) is 1. The zero-order valence-corrected chi connectivity index (χ0v) is 6.36. The maximum absolute atomic E-state index is 5.58. The van der Waals surface area contributed by atoms with Crippen molar-refractivity contribution in [2.24, 2.45) is 5.73 Å². The molecule has 1 nitrogen and oxygen atoms in total. The second-order valence-corrected chi connectivity index (χ2v) is 3.74. The standard InChI is InChI=1S/C6H16BN/c1-5(8)4-6(2,3)7/h5H,4,7-8H2,1-3H3. The molecule has 0 aromatic rings. The Morgan fingerprint density at radius 3 is 2.00 bits per heavy atom. The van der Waals surface area contributed by atoms with Crippen molar-refractivity contribution in [3.8, 4) is 0 Å². The summed E-state index contributed by atoms with van der Waals surface area (Å²) in [5.74, 6) is 0. The third kappa shape index (κ3) is 6.02. The van der Waals surface area contributed by atoms with Gasteiger partial charge in [-0.25, -0.2) is 0 Å². The molecule has 0 rings (SSSR count). The molecule has 0 heterocycles. The van der Waals surface area contributed by atoms with E-state index < -0.39 is 0 Å². The topological polar surface area (TPSA) is 26.0 Å². The maximum atomic E-state index is 5.58. The second kappa shape index (κ2) is 2.54. The van der Waals surface area contributed by atoms with Crippen LogP contribution >= 0.6 is 0 Å². The SMILES string of the molecule is BC(C)(C)CC(C)N. The van der Waals surface area contributed by atoms with Crippen LogP contribution in [-0.2, 0) is 0 Å². The molecule has 2 heteroatoms. The fraction of sp³-hybridized carbons (Fsp3) is 1.00. The molecular weight excluding hydrogens is 96.9 g/mol. The molecule has 0 bridgehead atoms. The van der Waals surface area contributed by atoms with Gasteiger partial charge in [0, 0.05) is 6.04 Å². The zero-order valence-electron chi connectivity index (χ0n) is 6.36. The van der Waals surface area contributed by atoms with Crippen molar-refractivity contribution in [3.63, 3.8) is 0 Å². The third-order valence-corrected chi connectivity index (χ3v) is 0.934. The summed E-state index contributed by atoms with van der Waals surface area (Å²) < 4.78 is 0. The molecule has 1 unspecified atom stereocenters. The average Bonchev–Trinajstić information content (AvgIpc) is 1.21. The molecule has 0 spiro atoms. The molecule has 8 heavy (non-hydrogen) atoms. The van der Waals surface area contributed by atoms with Gasteiger partial charge in [-0.15, -0.1) is 0 Å². The van der Waals surface area contributed by atoms with Crippen LogP contribution in [0.25, 0.3) is 0 Å². The van der Waals surface area contributed by atoms with E-state index in [2.05, 4.69) is 21.7 Å². The van der Waals surface area contributed by atoms with Gasteiger partial charge in [0.25, 0.3) is 0 Å². The lowest BCUT2D eigenvalue weighted by Gasteiger charge is -2.19. The van der Waals surface area contributed by atoms with E-state index in [0.29, 0.717) is 11.4 Å². The Hall–Kier alpha value is 0.0249.